The van der Waals surface area contributed by atoms with Crippen LogP contribution >= 0.6 is 0 Å². The van der Waals surface area contributed by atoms with Crippen LogP contribution in [0, 0.1) is 0 Å². The molecule has 0 saturated carbocycles. The van der Waals surface area contributed by atoms with E-state index in [2.05, 4.69) is 18.2 Å². The fourth-order valence-corrected chi connectivity index (χ4v) is 3.36. The summed E-state index contributed by atoms with van der Waals surface area (Å²) in [6.45, 7) is 0. The van der Waals surface area contributed by atoms with Crippen LogP contribution in [0.15, 0.2) is 72.8 Å². The molecule has 0 spiro atoms. The molecule has 3 aliphatic rings. The Bertz CT molecular complexity index is 775. The zero-order valence-corrected chi connectivity index (χ0v) is 12.3. The Kier molecular flexibility index (Phi) is 2.65. The molecule has 4 heteroatoms. The molecule has 0 fully saturated rings. The van der Waals surface area contributed by atoms with Crippen LogP contribution in [0.25, 0.3) is 0 Å². The smallest absolute Gasteiger partial charge is 0.489 e. The van der Waals surface area contributed by atoms with Crippen LogP contribution in [0.2, 0.25) is 0 Å². The van der Waals surface area contributed by atoms with Gasteiger partial charge in [-0.1, -0.05) is 54.6 Å². The van der Waals surface area contributed by atoms with Crippen molar-refractivity contribution in [3.8, 4) is 17.2 Å². The molecule has 2 bridgehead atoms. The van der Waals surface area contributed by atoms with Gasteiger partial charge in [-0.15, -0.1) is 0 Å². The van der Waals surface area contributed by atoms with Gasteiger partial charge in [-0.05, 0) is 18.2 Å². The number of benzene rings is 3. The van der Waals surface area contributed by atoms with Gasteiger partial charge in [0, 0.05) is 22.6 Å². The van der Waals surface area contributed by atoms with Crippen LogP contribution in [0.4, 0.5) is 0 Å². The van der Waals surface area contributed by atoms with Crippen LogP contribution in [0.3, 0.4) is 0 Å². The van der Waals surface area contributed by atoms with E-state index in [0.717, 1.165) is 33.9 Å². The summed E-state index contributed by atoms with van der Waals surface area (Å²) in [5, 5.41) is 0. The summed E-state index contributed by atoms with van der Waals surface area (Å²) in [5.41, 5.74) is 3.39. The first-order valence-electron chi connectivity index (χ1n) is 7.67. The maximum atomic E-state index is 5.98. The highest BCUT2D eigenvalue weighted by atomic mass is 16.7. The summed E-state index contributed by atoms with van der Waals surface area (Å²) < 4.78 is 17.9. The Morgan fingerprint density at radius 2 is 0.870 bits per heavy atom. The molecule has 0 N–H and O–H groups in total. The molecule has 3 heterocycles. The predicted octanol–water partition coefficient (Wildman–Crippen LogP) is 4.02. The van der Waals surface area contributed by atoms with Crippen molar-refractivity contribution in [3.63, 3.8) is 0 Å². The SMILES string of the molecule is c1ccc2c(c1)OB1Oc3ccccc3C2c2ccccc2O1. The molecule has 0 radical (unpaired) electrons. The van der Waals surface area contributed by atoms with Gasteiger partial charge in [0.15, 0.2) is 0 Å². The second-order valence-electron chi connectivity index (χ2n) is 5.69. The summed E-state index contributed by atoms with van der Waals surface area (Å²) in [6.07, 6.45) is 0. The van der Waals surface area contributed by atoms with E-state index in [1.54, 1.807) is 0 Å². The molecule has 6 rings (SSSR count). The average molecular weight is 300 g/mol. The zero-order valence-electron chi connectivity index (χ0n) is 12.3. The molecule has 0 atom stereocenters. The fourth-order valence-electron chi connectivity index (χ4n) is 3.36. The second-order valence-corrected chi connectivity index (χ2v) is 5.69. The van der Waals surface area contributed by atoms with Gasteiger partial charge in [0.25, 0.3) is 0 Å². The maximum Gasteiger partial charge on any atom is 0.864 e. The molecule has 0 unspecified atom stereocenters. The minimum atomic E-state index is -0.806. The molecule has 0 aliphatic carbocycles. The topological polar surface area (TPSA) is 27.7 Å². The minimum Gasteiger partial charge on any atom is -0.489 e. The lowest BCUT2D eigenvalue weighted by molar-refractivity contribution is 0.292. The van der Waals surface area contributed by atoms with Crippen molar-refractivity contribution in [2.75, 3.05) is 0 Å². The largest absolute Gasteiger partial charge is 0.864 e. The third-order valence-corrected chi connectivity index (χ3v) is 4.36. The van der Waals surface area contributed by atoms with E-state index in [0.29, 0.717) is 0 Å². The first-order valence-corrected chi connectivity index (χ1v) is 7.67. The molecule has 3 aromatic rings. The van der Waals surface area contributed by atoms with Crippen molar-refractivity contribution in [2.24, 2.45) is 0 Å². The molecule has 23 heavy (non-hydrogen) atoms. The van der Waals surface area contributed by atoms with Gasteiger partial charge in [-0.3, -0.25) is 0 Å². The van der Waals surface area contributed by atoms with Crippen molar-refractivity contribution in [1.82, 2.24) is 0 Å². The number of rotatable bonds is 0. The van der Waals surface area contributed by atoms with Crippen molar-refractivity contribution < 1.29 is 14.0 Å². The van der Waals surface area contributed by atoms with Crippen molar-refractivity contribution in [3.05, 3.63) is 89.5 Å². The maximum absolute atomic E-state index is 5.98. The standard InChI is InChI=1S/C19H13BO3/c1-4-10-16-13(7-1)19-14-8-2-5-11-17(14)22-20(21-16)23-18-12-6-3-9-15(18)19/h1-12,19H. The summed E-state index contributed by atoms with van der Waals surface area (Å²) in [5.74, 6) is 2.41. The first-order chi connectivity index (χ1) is 11.4. The van der Waals surface area contributed by atoms with E-state index in [-0.39, 0.29) is 5.92 Å². The van der Waals surface area contributed by atoms with Gasteiger partial charge in [0.2, 0.25) is 0 Å². The monoisotopic (exact) mass is 300 g/mol. The zero-order chi connectivity index (χ0) is 15.2. The van der Waals surface area contributed by atoms with Crippen LogP contribution < -0.4 is 14.0 Å². The van der Waals surface area contributed by atoms with Gasteiger partial charge in [-0.25, -0.2) is 0 Å². The predicted molar refractivity (Wildman–Crippen MR) is 87.9 cm³/mol. The molecule has 110 valence electrons. The van der Waals surface area contributed by atoms with Gasteiger partial charge in [-0.2, -0.15) is 0 Å². The average Bonchev–Trinajstić information content (AvgIpc) is 2.55. The molecule has 3 aliphatic heterocycles. The van der Waals surface area contributed by atoms with Crippen LogP contribution in [-0.4, -0.2) is 7.32 Å². The lowest BCUT2D eigenvalue weighted by atomic mass is 9.82. The Balaban J connectivity index is 1.88. The lowest BCUT2D eigenvalue weighted by Gasteiger charge is -2.32. The van der Waals surface area contributed by atoms with Crippen LogP contribution in [-0.2, 0) is 0 Å². The quantitative estimate of drug-likeness (QED) is 0.587. The first kappa shape index (κ1) is 12.6. The van der Waals surface area contributed by atoms with Crippen molar-refractivity contribution >= 4 is 7.32 Å². The summed E-state index contributed by atoms with van der Waals surface area (Å²) in [7, 11) is -0.806. The Labute approximate surface area is 134 Å². The molecule has 0 amide bonds. The molecular weight excluding hydrogens is 287 g/mol. The number of para-hydroxylation sites is 3. The summed E-state index contributed by atoms with van der Waals surface area (Å²) >= 11 is 0. The van der Waals surface area contributed by atoms with Gasteiger partial charge < -0.3 is 14.0 Å². The van der Waals surface area contributed by atoms with Gasteiger partial charge >= 0.3 is 7.32 Å². The molecule has 0 aromatic heterocycles. The van der Waals surface area contributed by atoms with E-state index in [1.165, 1.54) is 0 Å². The highest BCUT2D eigenvalue weighted by Crippen LogP contribution is 2.47. The molecule has 3 aromatic carbocycles. The van der Waals surface area contributed by atoms with E-state index in [9.17, 15) is 0 Å². The van der Waals surface area contributed by atoms with E-state index in [1.807, 2.05) is 54.6 Å². The Hall–Kier alpha value is -2.88. The Morgan fingerprint density at radius 3 is 1.26 bits per heavy atom. The number of hydrogen-bond donors (Lipinski definition) is 0. The van der Waals surface area contributed by atoms with Crippen molar-refractivity contribution in [2.45, 2.75) is 5.92 Å². The van der Waals surface area contributed by atoms with Gasteiger partial charge in [0.1, 0.15) is 17.2 Å². The normalized spacial score (nSPS) is 14.9. The summed E-state index contributed by atoms with van der Waals surface area (Å²) in [6, 6.07) is 24.2. The van der Waals surface area contributed by atoms with E-state index >= 15 is 0 Å². The highest BCUT2D eigenvalue weighted by molar-refractivity contribution is 6.40. The van der Waals surface area contributed by atoms with Crippen LogP contribution in [0.1, 0.15) is 22.6 Å². The van der Waals surface area contributed by atoms with E-state index < -0.39 is 7.32 Å². The van der Waals surface area contributed by atoms with Crippen molar-refractivity contribution in [1.29, 1.82) is 0 Å². The fraction of sp³-hybridized carbons (Fsp3) is 0.0526. The molecule has 0 saturated heterocycles. The molecular formula is C19H13BO3. The molecule has 3 nitrogen and oxygen atoms in total. The number of hydrogen-bond acceptors (Lipinski definition) is 3. The van der Waals surface area contributed by atoms with E-state index in [4.69, 9.17) is 14.0 Å². The Morgan fingerprint density at radius 1 is 0.522 bits per heavy atom. The third kappa shape index (κ3) is 1.91. The third-order valence-electron chi connectivity index (χ3n) is 4.36. The summed E-state index contributed by atoms with van der Waals surface area (Å²) in [4.78, 5) is 0. The second kappa shape index (κ2) is 4.81. The lowest BCUT2D eigenvalue weighted by Crippen LogP contribution is -2.40. The highest BCUT2D eigenvalue weighted by Gasteiger charge is 2.40. The van der Waals surface area contributed by atoms with Crippen LogP contribution in [0.5, 0.6) is 17.2 Å². The minimum absolute atomic E-state index is 0.0137. The van der Waals surface area contributed by atoms with Gasteiger partial charge in [0.05, 0.1) is 0 Å².